The van der Waals surface area contributed by atoms with Crippen molar-refractivity contribution in [3.05, 3.63) is 70.4 Å². The molecule has 2 N–H and O–H groups in total. The van der Waals surface area contributed by atoms with Gasteiger partial charge in [-0.25, -0.2) is 0 Å². The van der Waals surface area contributed by atoms with Crippen LogP contribution in [0.3, 0.4) is 0 Å². The molecule has 3 rings (SSSR count). The second-order valence-corrected chi connectivity index (χ2v) is 5.86. The van der Waals surface area contributed by atoms with Crippen LogP contribution in [0.4, 0.5) is 0 Å². The van der Waals surface area contributed by atoms with Gasteiger partial charge < -0.3 is 10.3 Å². The van der Waals surface area contributed by atoms with Crippen molar-refractivity contribution in [2.24, 2.45) is 0 Å². The summed E-state index contributed by atoms with van der Waals surface area (Å²) in [5.74, 6) is -0.110. The van der Waals surface area contributed by atoms with E-state index >= 15 is 0 Å². The van der Waals surface area contributed by atoms with Crippen LogP contribution in [-0.4, -0.2) is 10.9 Å². The number of rotatable bonds is 3. The lowest BCUT2D eigenvalue weighted by Gasteiger charge is -2.14. The van der Waals surface area contributed by atoms with E-state index in [2.05, 4.69) is 10.3 Å². The highest BCUT2D eigenvalue weighted by Crippen LogP contribution is 2.25. The van der Waals surface area contributed by atoms with Gasteiger partial charge in [-0.15, -0.1) is 0 Å². The van der Waals surface area contributed by atoms with Crippen LogP contribution in [0.2, 0.25) is 5.02 Å². The molecule has 3 nitrogen and oxygen atoms in total. The van der Waals surface area contributed by atoms with Crippen molar-refractivity contribution >= 4 is 28.4 Å². The molecule has 22 heavy (non-hydrogen) atoms. The maximum atomic E-state index is 12.5. The summed E-state index contributed by atoms with van der Waals surface area (Å²) in [7, 11) is 0. The van der Waals surface area contributed by atoms with E-state index in [0.29, 0.717) is 10.7 Å². The molecule has 2 aromatic carbocycles. The Morgan fingerprint density at radius 1 is 1.18 bits per heavy atom. The predicted octanol–water partition coefficient (Wildman–Crippen LogP) is 4.62. The van der Waals surface area contributed by atoms with Crippen molar-refractivity contribution in [3.8, 4) is 0 Å². The minimum absolute atomic E-state index is 0.0527. The fourth-order valence-electron chi connectivity index (χ4n) is 2.62. The van der Waals surface area contributed by atoms with Crippen molar-refractivity contribution in [1.82, 2.24) is 10.3 Å². The third-order valence-corrected chi connectivity index (χ3v) is 4.13. The highest BCUT2D eigenvalue weighted by atomic mass is 35.5. The fraction of sp³-hybridized carbons (Fsp3) is 0.167. The highest BCUT2D eigenvalue weighted by Gasteiger charge is 2.17. The number of benzene rings is 2. The lowest BCUT2D eigenvalue weighted by molar-refractivity contribution is 0.0935. The number of nitrogens with one attached hydrogen (secondary N) is 2. The third kappa shape index (κ3) is 2.72. The van der Waals surface area contributed by atoms with Crippen LogP contribution < -0.4 is 5.32 Å². The molecule has 0 aliphatic rings. The molecule has 0 aliphatic carbocycles. The Morgan fingerprint density at radius 2 is 1.91 bits per heavy atom. The average molecular weight is 313 g/mol. The zero-order chi connectivity index (χ0) is 15.7. The van der Waals surface area contributed by atoms with Gasteiger partial charge in [0.25, 0.3) is 5.91 Å². The van der Waals surface area contributed by atoms with E-state index in [1.54, 1.807) is 0 Å². The zero-order valence-electron chi connectivity index (χ0n) is 12.5. The average Bonchev–Trinajstić information content (AvgIpc) is 2.85. The van der Waals surface area contributed by atoms with Crippen molar-refractivity contribution in [2.75, 3.05) is 0 Å². The summed E-state index contributed by atoms with van der Waals surface area (Å²) >= 11 is 6.03. The Labute approximate surface area is 134 Å². The Bertz CT molecular complexity index is 824. The molecule has 0 fully saturated rings. The third-order valence-electron chi connectivity index (χ3n) is 3.89. The molecule has 4 heteroatoms. The Morgan fingerprint density at radius 3 is 2.64 bits per heavy atom. The van der Waals surface area contributed by atoms with Crippen LogP contribution in [0, 0.1) is 6.92 Å². The van der Waals surface area contributed by atoms with Gasteiger partial charge in [-0.05, 0) is 43.2 Å². The van der Waals surface area contributed by atoms with Gasteiger partial charge >= 0.3 is 0 Å². The van der Waals surface area contributed by atoms with E-state index in [9.17, 15) is 4.79 Å². The van der Waals surface area contributed by atoms with Gasteiger partial charge in [-0.2, -0.15) is 0 Å². The first-order chi connectivity index (χ1) is 10.6. The Hall–Kier alpha value is -2.26. The first kappa shape index (κ1) is 14.7. The van der Waals surface area contributed by atoms with Crippen molar-refractivity contribution < 1.29 is 4.79 Å². The van der Waals surface area contributed by atoms with E-state index < -0.39 is 0 Å². The predicted molar refractivity (Wildman–Crippen MR) is 90.4 cm³/mol. The standard InChI is InChI=1S/C18H17ClN2O/c1-11-15-10-14(19)8-9-16(15)21-17(11)18(22)20-12(2)13-6-4-3-5-7-13/h3-10,12,21H,1-2H3,(H,20,22). The second-order valence-electron chi connectivity index (χ2n) is 5.42. The minimum Gasteiger partial charge on any atom is -0.350 e. The maximum absolute atomic E-state index is 12.5. The maximum Gasteiger partial charge on any atom is 0.268 e. The number of hydrogen-bond donors (Lipinski definition) is 2. The van der Waals surface area contributed by atoms with E-state index in [1.807, 2.05) is 62.4 Å². The number of amides is 1. The number of fused-ring (bicyclic) bond motifs is 1. The molecule has 0 spiro atoms. The van der Waals surface area contributed by atoms with E-state index in [0.717, 1.165) is 22.0 Å². The topological polar surface area (TPSA) is 44.9 Å². The molecule has 1 atom stereocenters. The van der Waals surface area contributed by atoms with Gasteiger partial charge in [0.2, 0.25) is 0 Å². The van der Waals surface area contributed by atoms with Crippen molar-refractivity contribution in [3.63, 3.8) is 0 Å². The Balaban J connectivity index is 1.88. The van der Waals surface area contributed by atoms with Gasteiger partial charge in [0.1, 0.15) is 5.69 Å². The molecule has 1 aromatic heterocycles. The highest BCUT2D eigenvalue weighted by molar-refractivity contribution is 6.31. The summed E-state index contributed by atoms with van der Waals surface area (Å²) in [6.07, 6.45) is 0. The zero-order valence-corrected chi connectivity index (χ0v) is 13.2. The molecule has 0 radical (unpaired) electrons. The summed E-state index contributed by atoms with van der Waals surface area (Å²) < 4.78 is 0. The van der Waals surface area contributed by atoms with Crippen molar-refractivity contribution in [1.29, 1.82) is 0 Å². The lowest BCUT2D eigenvalue weighted by atomic mass is 10.1. The summed E-state index contributed by atoms with van der Waals surface area (Å²) in [6, 6.07) is 15.4. The van der Waals surface area contributed by atoms with Crippen LogP contribution >= 0.6 is 11.6 Å². The lowest BCUT2D eigenvalue weighted by Crippen LogP contribution is -2.27. The van der Waals surface area contributed by atoms with E-state index in [4.69, 9.17) is 11.6 Å². The summed E-state index contributed by atoms with van der Waals surface area (Å²) in [6.45, 7) is 3.90. The monoisotopic (exact) mass is 312 g/mol. The largest absolute Gasteiger partial charge is 0.350 e. The minimum atomic E-state index is -0.110. The molecule has 0 aliphatic heterocycles. The summed E-state index contributed by atoms with van der Waals surface area (Å²) in [4.78, 5) is 15.7. The number of H-pyrrole nitrogens is 1. The molecule has 1 heterocycles. The van der Waals surface area contributed by atoms with Gasteiger partial charge in [0.05, 0.1) is 6.04 Å². The van der Waals surface area contributed by atoms with Gasteiger partial charge in [0, 0.05) is 15.9 Å². The molecule has 1 unspecified atom stereocenters. The molecule has 0 bridgehead atoms. The van der Waals surface area contributed by atoms with Gasteiger partial charge in [0.15, 0.2) is 0 Å². The van der Waals surface area contributed by atoms with Crippen molar-refractivity contribution in [2.45, 2.75) is 19.9 Å². The number of carbonyl (C=O) groups is 1. The summed E-state index contributed by atoms with van der Waals surface area (Å²) in [5, 5.41) is 4.67. The summed E-state index contributed by atoms with van der Waals surface area (Å²) in [5.41, 5.74) is 3.49. The molecule has 1 amide bonds. The van der Waals surface area contributed by atoms with Crippen LogP contribution in [0.1, 0.15) is 34.6 Å². The first-order valence-electron chi connectivity index (χ1n) is 7.20. The molecule has 0 saturated carbocycles. The number of carbonyl (C=O) groups excluding carboxylic acids is 1. The first-order valence-corrected chi connectivity index (χ1v) is 7.57. The molecule has 3 aromatic rings. The van der Waals surface area contributed by atoms with Gasteiger partial charge in [-0.3, -0.25) is 4.79 Å². The second kappa shape index (κ2) is 5.85. The molecule has 112 valence electrons. The van der Waals surface area contributed by atoms with Crippen LogP contribution in [-0.2, 0) is 0 Å². The van der Waals surface area contributed by atoms with Gasteiger partial charge in [-0.1, -0.05) is 41.9 Å². The SMILES string of the molecule is Cc1c(C(=O)NC(C)c2ccccc2)[nH]c2ccc(Cl)cc12. The smallest absolute Gasteiger partial charge is 0.268 e. The van der Waals surface area contributed by atoms with Crippen LogP contribution in [0.15, 0.2) is 48.5 Å². The number of aryl methyl sites for hydroxylation is 1. The normalized spacial score (nSPS) is 12.3. The van der Waals surface area contributed by atoms with Crippen LogP contribution in [0.5, 0.6) is 0 Å². The number of halogens is 1. The van der Waals surface area contributed by atoms with Crippen LogP contribution in [0.25, 0.3) is 10.9 Å². The Kier molecular flexibility index (Phi) is 3.90. The number of aromatic amines is 1. The van der Waals surface area contributed by atoms with E-state index in [1.165, 1.54) is 0 Å². The fourth-order valence-corrected chi connectivity index (χ4v) is 2.79. The number of aromatic nitrogens is 1. The molecule has 0 saturated heterocycles. The van der Waals surface area contributed by atoms with E-state index in [-0.39, 0.29) is 11.9 Å². The number of hydrogen-bond acceptors (Lipinski definition) is 1. The molecular formula is C18H17ClN2O. The molecular weight excluding hydrogens is 296 g/mol. The quantitative estimate of drug-likeness (QED) is 0.728.